The quantitative estimate of drug-likeness (QED) is 0.796. The lowest BCUT2D eigenvalue weighted by Gasteiger charge is -2.46. The van der Waals surface area contributed by atoms with Crippen LogP contribution in [0.3, 0.4) is 0 Å². The van der Waals surface area contributed by atoms with Gasteiger partial charge in [-0.25, -0.2) is 0 Å². The van der Waals surface area contributed by atoms with Gasteiger partial charge in [0, 0.05) is 19.5 Å². The molecule has 2 amide bonds. The van der Waals surface area contributed by atoms with Gasteiger partial charge in [-0.15, -0.1) is 0 Å². The van der Waals surface area contributed by atoms with Gasteiger partial charge in [-0.2, -0.15) is 0 Å². The number of rotatable bonds is 1. The number of nitrogens with zero attached hydrogens (tertiary/aromatic N) is 1. The number of nitrogens with one attached hydrogen (secondary N) is 1. The number of morpholine rings is 1. The molecule has 1 aliphatic carbocycles. The lowest BCUT2D eigenvalue weighted by Crippen LogP contribution is -2.59. The highest BCUT2D eigenvalue weighted by Gasteiger charge is 2.41. The second kappa shape index (κ2) is 5.95. The molecule has 3 aliphatic rings. The zero-order valence-corrected chi connectivity index (χ0v) is 12.9. The molecule has 1 N–H and O–H groups in total. The maximum atomic E-state index is 12.7. The summed E-state index contributed by atoms with van der Waals surface area (Å²) < 4.78 is 6.04. The fourth-order valence-corrected chi connectivity index (χ4v) is 4.03. The van der Waals surface area contributed by atoms with E-state index in [1.807, 2.05) is 11.8 Å². The summed E-state index contributed by atoms with van der Waals surface area (Å²) in [6, 6.07) is -0.333. The molecule has 5 heteroatoms. The summed E-state index contributed by atoms with van der Waals surface area (Å²) >= 11 is 0. The molecule has 2 atom stereocenters. The first-order valence-electron chi connectivity index (χ1n) is 8.30. The van der Waals surface area contributed by atoms with Crippen LogP contribution in [-0.2, 0) is 14.3 Å². The molecule has 1 spiro atoms. The standard InChI is InChI=1S/C16H26N2O3/c1-12-9-13(17-14(19)10-12)15(20)18-7-8-21-16(11-18)5-3-2-4-6-16/h12-13H,2-11H2,1H3,(H,17,19)/t12-,13-/m0/s1. The SMILES string of the molecule is C[C@@H]1CC(=O)N[C@H](C(=O)N2CCOC3(CCCCC3)C2)C1. The molecule has 2 heterocycles. The van der Waals surface area contributed by atoms with Crippen molar-refractivity contribution < 1.29 is 14.3 Å². The summed E-state index contributed by atoms with van der Waals surface area (Å²) in [5.41, 5.74) is -0.115. The highest BCUT2D eigenvalue weighted by molar-refractivity contribution is 5.89. The van der Waals surface area contributed by atoms with Gasteiger partial charge in [-0.3, -0.25) is 9.59 Å². The molecule has 118 valence electrons. The minimum absolute atomic E-state index is 0.00717. The van der Waals surface area contributed by atoms with Crippen LogP contribution in [0.5, 0.6) is 0 Å². The van der Waals surface area contributed by atoms with Crippen LogP contribution < -0.4 is 5.32 Å². The minimum Gasteiger partial charge on any atom is -0.371 e. The molecule has 2 aliphatic heterocycles. The molecule has 0 bridgehead atoms. The van der Waals surface area contributed by atoms with E-state index in [0.717, 1.165) is 19.3 Å². The number of piperidine rings is 1. The van der Waals surface area contributed by atoms with Crippen molar-refractivity contribution in [1.82, 2.24) is 10.2 Å². The third kappa shape index (κ3) is 3.23. The third-order valence-electron chi connectivity index (χ3n) is 5.13. The van der Waals surface area contributed by atoms with Crippen molar-refractivity contribution in [1.29, 1.82) is 0 Å². The highest BCUT2D eigenvalue weighted by Crippen LogP contribution is 2.34. The minimum atomic E-state index is -0.333. The van der Waals surface area contributed by atoms with Gasteiger partial charge >= 0.3 is 0 Å². The van der Waals surface area contributed by atoms with Gasteiger partial charge < -0.3 is 15.0 Å². The van der Waals surface area contributed by atoms with Crippen molar-refractivity contribution in [2.24, 2.45) is 5.92 Å². The average molecular weight is 294 g/mol. The number of hydrogen-bond acceptors (Lipinski definition) is 3. The van der Waals surface area contributed by atoms with Gasteiger partial charge in [0.1, 0.15) is 6.04 Å². The number of carbonyl (C=O) groups excluding carboxylic acids is 2. The molecule has 0 unspecified atom stereocenters. The zero-order chi connectivity index (χ0) is 14.9. The van der Waals surface area contributed by atoms with Crippen LogP contribution in [0.2, 0.25) is 0 Å². The summed E-state index contributed by atoms with van der Waals surface area (Å²) in [5.74, 6) is 0.383. The average Bonchev–Trinajstić information content (AvgIpc) is 2.46. The fraction of sp³-hybridized carbons (Fsp3) is 0.875. The summed E-state index contributed by atoms with van der Waals surface area (Å²) in [7, 11) is 0. The van der Waals surface area contributed by atoms with Crippen LogP contribution in [0.15, 0.2) is 0 Å². The van der Waals surface area contributed by atoms with Crippen LogP contribution in [-0.4, -0.2) is 48.1 Å². The van der Waals surface area contributed by atoms with Crippen molar-refractivity contribution in [3.8, 4) is 0 Å². The largest absolute Gasteiger partial charge is 0.371 e. The molecule has 2 saturated heterocycles. The lowest BCUT2D eigenvalue weighted by molar-refractivity contribution is -0.159. The molecule has 3 rings (SSSR count). The monoisotopic (exact) mass is 294 g/mol. The molecule has 0 aromatic carbocycles. The molecule has 3 fully saturated rings. The van der Waals surface area contributed by atoms with Crippen LogP contribution in [0.1, 0.15) is 51.9 Å². The van der Waals surface area contributed by atoms with Crippen LogP contribution in [0.4, 0.5) is 0 Å². The molecule has 1 saturated carbocycles. The molecular weight excluding hydrogens is 268 g/mol. The normalized spacial score (nSPS) is 32.8. The van der Waals surface area contributed by atoms with E-state index >= 15 is 0 Å². The van der Waals surface area contributed by atoms with Gasteiger partial charge in [-0.1, -0.05) is 26.2 Å². The second-order valence-corrected chi connectivity index (χ2v) is 7.02. The molecular formula is C16H26N2O3. The fourth-order valence-electron chi connectivity index (χ4n) is 4.03. The molecule has 0 aromatic heterocycles. The van der Waals surface area contributed by atoms with E-state index in [4.69, 9.17) is 4.74 Å². The van der Waals surface area contributed by atoms with Crippen LogP contribution >= 0.6 is 0 Å². The van der Waals surface area contributed by atoms with Crippen LogP contribution in [0.25, 0.3) is 0 Å². The Bertz CT molecular complexity index is 412. The Morgan fingerprint density at radius 1 is 1.33 bits per heavy atom. The number of hydrogen-bond donors (Lipinski definition) is 1. The predicted molar refractivity (Wildman–Crippen MR) is 78.7 cm³/mol. The maximum absolute atomic E-state index is 12.7. The Morgan fingerprint density at radius 2 is 2.10 bits per heavy atom. The van der Waals surface area contributed by atoms with E-state index in [0.29, 0.717) is 26.1 Å². The smallest absolute Gasteiger partial charge is 0.245 e. The van der Waals surface area contributed by atoms with E-state index in [1.165, 1.54) is 19.3 Å². The van der Waals surface area contributed by atoms with Gasteiger partial charge in [0.15, 0.2) is 0 Å². The highest BCUT2D eigenvalue weighted by atomic mass is 16.5. The first-order valence-corrected chi connectivity index (χ1v) is 8.30. The number of amides is 2. The molecule has 5 nitrogen and oxygen atoms in total. The van der Waals surface area contributed by atoms with E-state index in [1.54, 1.807) is 0 Å². The summed E-state index contributed by atoms with van der Waals surface area (Å²) in [6.07, 6.45) is 7.08. The molecule has 0 aromatic rings. The first kappa shape index (κ1) is 14.8. The van der Waals surface area contributed by atoms with Gasteiger partial charge in [-0.05, 0) is 25.2 Å². The summed E-state index contributed by atoms with van der Waals surface area (Å²) in [5, 5.41) is 2.86. The zero-order valence-electron chi connectivity index (χ0n) is 12.9. The Hall–Kier alpha value is -1.10. The van der Waals surface area contributed by atoms with Crippen molar-refractivity contribution in [2.75, 3.05) is 19.7 Å². The van der Waals surface area contributed by atoms with E-state index in [-0.39, 0.29) is 29.4 Å². The Labute approximate surface area is 126 Å². The third-order valence-corrected chi connectivity index (χ3v) is 5.13. The van der Waals surface area contributed by atoms with Gasteiger partial charge in [0.2, 0.25) is 11.8 Å². The van der Waals surface area contributed by atoms with Crippen molar-refractivity contribution in [3.63, 3.8) is 0 Å². The van der Waals surface area contributed by atoms with Crippen LogP contribution in [0, 0.1) is 5.92 Å². The van der Waals surface area contributed by atoms with Crippen molar-refractivity contribution in [3.05, 3.63) is 0 Å². The Balaban J connectivity index is 1.65. The van der Waals surface area contributed by atoms with Gasteiger partial charge in [0.25, 0.3) is 0 Å². The summed E-state index contributed by atoms with van der Waals surface area (Å²) in [4.78, 5) is 26.3. The molecule has 21 heavy (non-hydrogen) atoms. The first-order chi connectivity index (χ1) is 10.1. The van der Waals surface area contributed by atoms with Crippen molar-refractivity contribution in [2.45, 2.75) is 63.5 Å². The van der Waals surface area contributed by atoms with Crippen molar-refractivity contribution >= 4 is 11.8 Å². The Kier molecular flexibility index (Phi) is 4.20. The van der Waals surface area contributed by atoms with Gasteiger partial charge in [0.05, 0.1) is 12.2 Å². The van der Waals surface area contributed by atoms with E-state index < -0.39 is 0 Å². The predicted octanol–water partition coefficient (Wildman–Crippen LogP) is 1.46. The lowest BCUT2D eigenvalue weighted by atomic mass is 9.83. The second-order valence-electron chi connectivity index (χ2n) is 7.02. The topological polar surface area (TPSA) is 58.6 Å². The van der Waals surface area contributed by atoms with E-state index in [9.17, 15) is 9.59 Å². The number of carbonyl (C=O) groups is 2. The summed E-state index contributed by atoms with van der Waals surface area (Å²) in [6.45, 7) is 4.02. The Morgan fingerprint density at radius 3 is 2.81 bits per heavy atom. The maximum Gasteiger partial charge on any atom is 0.245 e. The number of ether oxygens (including phenoxy) is 1. The molecule has 0 radical (unpaired) electrons. The van der Waals surface area contributed by atoms with E-state index in [2.05, 4.69) is 5.32 Å².